The first-order valence-electron chi connectivity index (χ1n) is 7.77. The van der Waals surface area contributed by atoms with Crippen LogP contribution in [-0.2, 0) is 6.42 Å². The van der Waals surface area contributed by atoms with Crippen LogP contribution in [0.1, 0.15) is 57.6 Å². The number of anilines is 1. The first kappa shape index (κ1) is 15.8. The lowest BCUT2D eigenvalue weighted by atomic mass is 10.0. The van der Waals surface area contributed by atoms with Crippen molar-refractivity contribution in [1.82, 2.24) is 0 Å². The Hall–Kier alpha value is -1.24. The van der Waals surface area contributed by atoms with Crippen LogP contribution in [0, 0.1) is 0 Å². The van der Waals surface area contributed by atoms with Crippen molar-refractivity contribution < 1.29 is 0 Å². The zero-order chi connectivity index (χ0) is 14.1. The molecule has 1 heteroatoms. The van der Waals surface area contributed by atoms with Crippen molar-refractivity contribution >= 4 is 11.8 Å². The van der Waals surface area contributed by atoms with Gasteiger partial charge >= 0.3 is 0 Å². The lowest BCUT2D eigenvalue weighted by molar-refractivity contribution is 0.675. The molecule has 0 unspecified atom stereocenters. The van der Waals surface area contributed by atoms with Gasteiger partial charge in [-0.3, -0.25) is 0 Å². The highest BCUT2D eigenvalue weighted by Crippen LogP contribution is 2.28. The summed E-state index contributed by atoms with van der Waals surface area (Å²) in [5.74, 6) is 0. The molecule has 0 N–H and O–H groups in total. The third kappa shape index (κ3) is 4.41. The molecule has 19 heavy (non-hydrogen) atoms. The van der Waals surface area contributed by atoms with Crippen molar-refractivity contribution in [1.29, 1.82) is 0 Å². The second kappa shape index (κ2) is 8.79. The van der Waals surface area contributed by atoms with Gasteiger partial charge in [0, 0.05) is 18.8 Å². The zero-order valence-electron chi connectivity index (χ0n) is 12.9. The second-order valence-corrected chi connectivity index (χ2v) is 5.11. The third-order valence-corrected chi connectivity index (χ3v) is 3.63. The van der Waals surface area contributed by atoms with Crippen molar-refractivity contribution in [3.63, 3.8) is 0 Å². The Bertz CT molecular complexity index is 373. The molecule has 0 fully saturated rings. The molecule has 0 saturated heterocycles. The highest BCUT2D eigenvalue weighted by Gasteiger charge is 2.12. The molecule has 0 aliphatic rings. The Morgan fingerprint density at radius 2 is 1.68 bits per heavy atom. The quantitative estimate of drug-likeness (QED) is 0.582. The Balaban J connectivity index is 3.06. The third-order valence-electron chi connectivity index (χ3n) is 3.63. The van der Waals surface area contributed by atoms with E-state index >= 15 is 0 Å². The maximum absolute atomic E-state index is 3.98. The van der Waals surface area contributed by atoms with Gasteiger partial charge in [0.05, 0.1) is 0 Å². The van der Waals surface area contributed by atoms with Crippen molar-refractivity contribution in [2.45, 2.75) is 52.9 Å². The molecule has 0 amide bonds. The van der Waals surface area contributed by atoms with Crippen LogP contribution in [0.3, 0.4) is 0 Å². The van der Waals surface area contributed by atoms with Crippen molar-refractivity contribution in [3.05, 3.63) is 35.9 Å². The van der Waals surface area contributed by atoms with Gasteiger partial charge in [-0.2, -0.15) is 0 Å². The van der Waals surface area contributed by atoms with E-state index in [0.29, 0.717) is 0 Å². The van der Waals surface area contributed by atoms with Crippen LogP contribution in [0.25, 0.3) is 6.08 Å². The topological polar surface area (TPSA) is 3.24 Å². The lowest BCUT2D eigenvalue weighted by Crippen LogP contribution is -2.27. The molecule has 0 heterocycles. The minimum Gasteiger partial charge on any atom is -0.371 e. The average molecular weight is 259 g/mol. The van der Waals surface area contributed by atoms with E-state index in [0.717, 1.165) is 19.5 Å². The first-order chi connectivity index (χ1) is 9.28. The highest BCUT2D eigenvalue weighted by molar-refractivity contribution is 5.70. The molecular formula is C18H29N. The summed E-state index contributed by atoms with van der Waals surface area (Å²) in [6.45, 7) is 13.1. The molecular weight excluding hydrogens is 230 g/mol. The summed E-state index contributed by atoms with van der Waals surface area (Å²) in [6.07, 6.45) is 8.11. The molecule has 0 bridgehead atoms. The molecule has 0 aliphatic carbocycles. The lowest BCUT2D eigenvalue weighted by Gasteiger charge is -2.29. The van der Waals surface area contributed by atoms with Gasteiger partial charge in [-0.05, 0) is 30.4 Å². The SMILES string of the molecule is C=Cc1cccc(CC)c1N(CCCC)CCCC. The first-order valence-corrected chi connectivity index (χ1v) is 7.77. The van der Waals surface area contributed by atoms with E-state index in [1.54, 1.807) is 0 Å². The predicted molar refractivity (Wildman–Crippen MR) is 87.9 cm³/mol. The molecule has 1 aromatic carbocycles. The number of unbranched alkanes of at least 4 members (excludes halogenated alkanes) is 2. The Morgan fingerprint density at radius 3 is 2.16 bits per heavy atom. The maximum atomic E-state index is 3.98. The number of rotatable bonds is 9. The van der Waals surface area contributed by atoms with Gasteiger partial charge in [-0.25, -0.2) is 0 Å². The molecule has 1 nitrogen and oxygen atoms in total. The summed E-state index contributed by atoms with van der Waals surface area (Å²) in [5, 5.41) is 0. The Morgan fingerprint density at radius 1 is 1.05 bits per heavy atom. The molecule has 0 radical (unpaired) electrons. The predicted octanol–water partition coefficient (Wildman–Crippen LogP) is 5.30. The number of hydrogen-bond acceptors (Lipinski definition) is 1. The van der Waals surface area contributed by atoms with Gasteiger partial charge in [0.1, 0.15) is 0 Å². The number of aryl methyl sites for hydroxylation is 1. The van der Waals surface area contributed by atoms with E-state index in [1.165, 1.54) is 42.5 Å². The van der Waals surface area contributed by atoms with Crippen LogP contribution in [0.15, 0.2) is 24.8 Å². The van der Waals surface area contributed by atoms with Crippen LogP contribution in [0.4, 0.5) is 5.69 Å². The summed E-state index contributed by atoms with van der Waals surface area (Å²) < 4.78 is 0. The highest BCUT2D eigenvalue weighted by atomic mass is 15.1. The van der Waals surface area contributed by atoms with Gasteiger partial charge in [-0.1, -0.05) is 64.5 Å². The van der Waals surface area contributed by atoms with Gasteiger partial charge in [0.15, 0.2) is 0 Å². The fourth-order valence-corrected chi connectivity index (χ4v) is 2.48. The maximum Gasteiger partial charge on any atom is 0.0472 e. The van der Waals surface area contributed by atoms with Gasteiger partial charge in [0.2, 0.25) is 0 Å². The molecule has 1 aromatic rings. The molecule has 0 spiro atoms. The van der Waals surface area contributed by atoms with Crippen LogP contribution in [-0.4, -0.2) is 13.1 Å². The monoisotopic (exact) mass is 259 g/mol. The Kier molecular flexibility index (Phi) is 7.32. The van der Waals surface area contributed by atoms with Crippen molar-refractivity contribution in [3.8, 4) is 0 Å². The molecule has 0 saturated carbocycles. The molecule has 0 aliphatic heterocycles. The number of para-hydroxylation sites is 1. The largest absolute Gasteiger partial charge is 0.371 e. The summed E-state index contributed by atoms with van der Waals surface area (Å²) in [4.78, 5) is 2.57. The van der Waals surface area contributed by atoms with Gasteiger partial charge < -0.3 is 4.90 Å². The van der Waals surface area contributed by atoms with Crippen molar-refractivity contribution in [2.24, 2.45) is 0 Å². The minimum absolute atomic E-state index is 1.09. The molecule has 0 atom stereocenters. The molecule has 1 rings (SSSR count). The van der Waals surface area contributed by atoms with Crippen molar-refractivity contribution in [2.75, 3.05) is 18.0 Å². The normalized spacial score (nSPS) is 10.5. The van der Waals surface area contributed by atoms with E-state index in [1.807, 2.05) is 6.08 Å². The van der Waals surface area contributed by atoms with Crippen LogP contribution in [0.2, 0.25) is 0 Å². The summed E-state index contributed by atoms with van der Waals surface area (Å²) in [7, 11) is 0. The smallest absolute Gasteiger partial charge is 0.0472 e. The fourth-order valence-electron chi connectivity index (χ4n) is 2.48. The van der Waals surface area contributed by atoms with E-state index in [9.17, 15) is 0 Å². The van der Waals surface area contributed by atoms with Crippen LogP contribution < -0.4 is 4.90 Å². The van der Waals surface area contributed by atoms with Crippen LogP contribution >= 0.6 is 0 Å². The van der Waals surface area contributed by atoms with Crippen LogP contribution in [0.5, 0.6) is 0 Å². The standard InChI is InChI=1S/C18H29N/c1-5-9-14-19(15-10-6-2)18-16(7-3)12-11-13-17(18)8-4/h7,11-13H,3,5-6,8-10,14-15H2,1-2,4H3. The summed E-state index contributed by atoms with van der Waals surface area (Å²) >= 11 is 0. The summed E-state index contributed by atoms with van der Waals surface area (Å²) in [5.41, 5.74) is 4.15. The molecule has 106 valence electrons. The Labute approximate surface area is 119 Å². The van der Waals surface area contributed by atoms with E-state index in [-0.39, 0.29) is 0 Å². The second-order valence-electron chi connectivity index (χ2n) is 5.11. The number of nitrogens with zero attached hydrogens (tertiary/aromatic N) is 1. The average Bonchev–Trinajstić information content (AvgIpc) is 2.46. The number of benzene rings is 1. The van der Waals surface area contributed by atoms with E-state index in [4.69, 9.17) is 0 Å². The minimum atomic E-state index is 1.09. The van der Waals surface area contributed by atoms with E-state index < -0.39 is 0 Å². The zero-order valence-corrected chi connectivity index (χ0v) is 12.9. The summed E-state index contributed by atoms with van der Waals surface area (Å²) in [6, 6.07) is 6.59. The van der Waals surface area contributed by atoms with Gasteiger partial charge in [0.25, 0.3) is 0 Å². The van der Waals surface area contributed by atoms with Gasteiger partial charge in [-0.15, -0.1) is 0 Å². The number of hydrogen-bond donors (Lipinski definition) is 0. The molecule has 0 aromatic heterocycles. The fraction of sp³-hybridized carbons (Fsp3) is 0.556. The van der Waals surface area contributed by atoms with E-state index in [2.05, 4.69) is 50.4 Å².